The molecule has 0 aromatic rings. The maximum absolute atomic E-state index is 12.0. The number of nitrogens with zero attached hydrogens (tertiary/aromatic N) is 1. The SMILES string of the molecule is CC(C(=O)O)=C(C)C(=O)NCC1(N(C)C)CCCCC1. The van der Waals surface area contributed by atoms with E-state index in [-0.39, 0.29) is 22.6 Å². The summed E-state index contributed by atoms with van der Waals surface area (Å²) in [6.45, 7) is 3.59. The van der Waals surface area contributed by atoms with Gasteiger partial charge in [0.25, 0.3) is 0 Å². The van der Waals surface area contributed by atoms with Crippen LogP contribution >= 0.6 is 0 Å². The van der Waals surface area contributed by atoms with E-state index in [1.165, 1.54) is 26.2 Å². The summed E-state index contributed by atoms with van der Waals surface area (Å²) < 4.78 is 0. The molecular weight excluding hydrogens is 256 g/mol. The topological polar surface area (TPSA) is 69.6 Å². The number of likely N-dealkylation sites (N-methyl/N-ethyl adjacent to an activating group) is 1. The molecule has 1 fully saturated rings. The minimum Gasteiger partial charge on any atom is -0.478 e. The first-order valence-corrected chi connectivity index (χ1v) is 7.16. The summed E-state index contributed by atoms with van der Waals surface area (Å²) in [5.41, 5.74) is 0.387. The Morgan fingerprint density at radius 1 is 1.10 bits per heavy atom. The van der Waals surface area contributed by atoms with E-state index in [2.05, 4.69) is 10.2 Å². The number of hydrogen-bond acceptors (Lipinski definition) is 3. The summed E-state index contributed by atoms with van der Waals surface area (Å²) in [6, 6.07) is 0. The average molecular weight is 282 g/mol. The summed E-state index contributed by atoms with van der Waals surface area (Å²) in [6.07, 6.45) is 5.75. The fourth-order valence-corrected chi connectivity index (χ4v) is 2.70. The van der Waals surface area contributed by atoms with Crippen LogP contribution in [0.2, 0.25) is 0 Å². The molecule has 5 nitrogen and oxygen atoms in total. The van der Waals surface area contributed by atoms with Gasteiger partial charge < -0.3 is 15.3 Å². The molecule has 114 valence electrons. The number of rotatable bonds is 5. The average Bonchev–Trinajstić information content (AvgIpc) is 2.43. The molecule has 0 saturated heterocycles. The normalized spacial score (nSPS) is 19.4. The lowest BCUT2D eigenvalue weighted by atomic mass is 9.80. The lowest BCUT2D eigenvalue weighted by Gasteiger charge is -2.43. The lowest BCUT2D eigenvalue weighted by molar-refractivity contribution is -0.133. The van der Waals surface area contributed by atoms with Gasteiger partial charge in [-0.05, 0) is 40.8 Å². The third-order valence-corrected chi connectivity index (χ3v) is 4.53. The van der Waals surface area contributed by atoms with Crippen molar-refractivity contribution in [1.29, 1.82) is 0 Å². The van der Waals surface area contributed by atoms with E-state index in [1.54, 1.807) is 6.92 Å². The second-order valence-electron chi connectivity index (χ2n) is 5.92. The van der Waals surface area contributed by atoms with Crippen molar-refractivity contribution in [3.63, 3.8) is 0 Å². The van der Waals surface area contributed by atoms with Gasteiger partial charge in [0.1, 0.15) is 0 Å². The minimum atomic E-state index is -1.04. The van der Waals surface area contributed by atoms with Crippen LogP contribution in [0.1, 0.15) is 46.0 Å². The van der Waals surface area contributed by atoms with E-state index in [1.807, 2.05) is 14.1 Å². The second-order valence-corrected chi connectivity index (χ2v) is 5.92. The molecule has 0 heterocycles. The quantitative estimate of drug-likeness (QED) is 0.754. The van der Waals surface area contributed by atoms with E-state index >= 15 is 0 Å². The minimum absolute atomic E-state index is 0.00528. The van der Waals surface area contributed by atoms with E-state index < -0.39 is 5.97 Å². The van der Waals surface area contributed by atoms with Gasteiger partial charge in [0.05, 0.1) is 0 Å². The van der Waals surface area contributed by atoms with Crippen molar-refractivity contribution in [2.45, 2.75) is 51.5 Å². The zero-order valence-corrected chi connectivity index (χ0v) is 13.0. The zero-order valence-electron chi connectivity index (χ0n) is 13.0. The number of amides is 1. The van der Waals surface area contributed by atoms with Crippen LogP contribution in [0.5, 0.6) is 0 Å². The number of nitrogens with one attached hydrogen (secondary N) is 1. The Bertz CT molecular complexity index is 407. The van der Waals surface area contributed by atoms with Crippen LogP contribution in [0.4, 0.5) is 0 Å². The van der Waals surface area contributed by atoms with Crippen molar-refractivity contribution in [2.24, 2.45) is 0 Å². The van der Waals surface area contributed by atoms with Crippen molar-refractivity contribution >= 4 is 11.9 Å². The van der Waals surface area contributed by atoms with Gasteiger partial charge in [0, 0.05) is 23.2 Å². The lowest BCUT2D eigenvalue weighted by Crippen LogP contribution is -2.54. The molecule has 0 aromatic heterocycles. The third-order valence-electron chi connectivity index (χ3n) is 4.53. The number of carboxylic acid groups (broad SMARTS) is 1. The first-order valence-electron chi connectivity index (χ1n) is 7.16. The first-order chi connectivity index (χ1) is 9.30. The van der Waals surface area contributed by atoms with Crippen LogP contribution in [0.25, 0.3) is 0 Å². The molecule has 0 aliphatic heterocycles. The largest absolute Gasteiger partial charge is 0.478 e. The third kappa shape index (κ3) is 3.82. The first kappa shape index (κ1) is 16.7. The molecule has 0 spiro atoms. The molecule has 0 aromatic carbocycles. The number of aliphatic carboxylic acids is 1. The monoisotopic (exact) mass is 282 g/mol. The molecule has 2 N–H and O–H groups in total. The van der Waals surface area contributed by atoms with Gasteiger partial charge in [-0.25, -0.2) is 4.79 Å². The van der Waals surface area contributed by atoms with E-state index in [0.29, 0.717) is 6.54 Å². The van der Waals surface area contributed by atoms with Crippen molar-refractivity contribution < 1.29 is 14.7 Å². The summed E-state index contributed by atoms with van der Waals surface area (Å²) in [5.74, 6) is -1.32. The highest BCUT2D eigenvalue weighted by molar-refractivity contribution is 6.01. The maximum Gasteiger partial charge on any atom is 0.331 e. The highest BCUT2D eigenvalue weighted by Gasteiger charge is 2.34. The Labute approximate surface area is 121 Å². The molecule has 1 aliphatic carbocycles. The smallest absolute Gasteiger partial charge is 0.331 e. The van der Waals surface area contributed by atoms with Gasteiger partial charge >= 0.3 is 5.97 Å². The Morgan fingerprint density at radius 3 is 2.10 bits per heavy atom. The van der Waals surface area contributed by atoms with Crippen LogP contribution in [0.3, 0.4) is 0 Å². The molecule has 0 bridgehead atoms. The van der Waals surface area contributed by atoms with E-state index in [4.69, 9.17) is 5.11 Å². The molecule has 0 atom stereocenters. The van der Waals surface area contributed by atoms with Gasteiger partial charge in [0.2, 0.25) is 5.91 Å². The van der Waals surface area contributed by atoms with Crippen molar-refractivity contribution in [3.05, 3.63) is 11.1 Å². The molecule has 0 unspecified atom stereocenters. The van der Waals surface area contributed by atoms with Gasteiger partial charge in [0.15, 0.2) is 0 Å². The van der Waals surface area contributed by atoms with Crippen LogP contribution in [0.15, 0.2) is 11.1 Å². The summed E-state index contributed by atoms with van der Waals surface area (Å²) in [7, 11) is 4.09. The molecule has 1 amide bonds. The van der Waals surface area contributed by atoms with Gasteiger partial charge in [-0.2, -0.15) is 0 Å². The second kappa shape index (κ2) is 6.88. The Morgan fingerprint density at radius 2 is 1.65 bits per heavy atom. The molecule has 1 rings (SSSR count). The van der Waals surface area contributed by atoms with Crippen molar-refractivity contribution in [1.82, 2.24) is 10.2 Å². The predicted octanol–water partition coefficient (Wildman–Crippen LogP) is 1.79. The van der Waals surface area contributed by atoms with Crippen molar-refractivity contribution in [3.8, 4) is 0 Å². The van der Waals surface area contributed by atoms with Gasteiger partial charge in [-0.15, -0.1) is 0 Å². The van der Waals surface area contributed by atoms with Crippen LogP contribution in [-0.2, 0) is 9.59 Å². The summed E-state index contributed by atoms with van der Waals surface area (Å²) in [5, 5.41) is 11.8. The van der Waals surface area contributed by atoms with Crippen LogP contribution < -0.4 is 5.32 Å². The molecule has 0 radical (unpaired) electrons. The van der Waals surface area contributed by atoms with Crippen LogP contribution in [0, 0.1) is 0 Å². The number of hydrogen-bond donors (Lipinski definition) is 2. The van der Waals surface area contributed by atoms with Crippen molar-refractivity contribution in [2.75, 3.05) is 20.6 Å². The predicted molar refractivity (Wildman–Crippen MR) is 78.5 cm³/mol. The zero-order chi connectivity index (χ0) is 15.3. The standard InChI is InChI=1S/C15H26N2O3/c1-11(12(2)14(19)20)13(18)16-10-15(17(3)4)8-6-5-7-9-15/h5-10H2,1-4H3,(H,16,18)(H,19,20). The Balaban J connectivity index is 2.71. The summed E-state index contributed by atoms with van der Waals surface area (Å²) >= 11 is 0. The fourth-order valence-electron chi connectivity index (χ4n) is 2.70. The molecule has 1 aliphatic rings. The number of carboxylic acids is 1. The Hall–Kier alpha value is -1.36. The van der Waals surface area contributed by atoms with Crippen LogP contribution in [-0.4, -0.2) is 48.1 Å². The highest BCUT2D eigenvalue weighted by Crippen LogP contribution is 2.31. The highest BCUT2D eigenvalue weighted by atomic mass is 16.4. The summed E-state index contributed by atoms with van der Waals surface area (Å²) in [4.78, 5) is 25.1. The number of carbonyl (C=O) groups excluding carboxylic acids is 1. The van der Waals surface area contributed by atoms with Gasteiger partial charge in [-0.1, -0.05) is 19.3 Å². The molecule has 20 heavy (non-hydrogen) atoms. The number of carbonyl (C=O) groups is 2. The molecular formula is C15H26N2O3. The molecule has 1 saturated carbocycles. The van der Waals surface area contributed by atoms with Gasteiger partial charge in [-0.3, -0.25) is 4.79 Å². The van der Waals surface area contributed by atoms with E-state index in [0.717, 1.165) is 12.8 Å². The van der Waals surface area contributed by atoms with E-state index in [9.17, 15) is 9.59 Å². The molecule has 5 heteroatoms. The fraction of sp³-hybridized carbons (Fsp3) is 0.733. The Kier molecular flexibility index (Phi) is 5.74. The maximum atomic E-state index is 12.0.